The van der Waals surface area contributed by atoms with Crippen molar-refractivity contribution in [3.63, 3.8) is 0 Å². The Kier molecular flexibility index (Phi) is 23.4. The van der Waals surface area contributed by atoms with Crippen molar-refractivity contribution in [3.05, 3.63) is 12.7 Å². The second-order valence-corrected chi connectivity index (χ2v) is 3.24. The predicted octanol–water partition coefficient (Wildman–Crippen LogP) is 1.46. The fourth-order valence-electron chi connectivity index (χ4n) is 0.787. The van der Waals surface area contributed by atoms with Gasteiger partial charge in [-0.3, -0.25) is 0 Å². The second-order valence-electron chi connectivity index (χ2n) is 3.24. The molecule has 0 bridgehead atoms. The smallest absolute Gasteiger partial charge is 0.122 e. The van der Waals surface area contributed by atoms with Gasteiger partial charge in [-0.2, -0.15) is 0 Å². The SMILES string of the molecule is C=CCCOCCOC.COCCOCCC=O. The molecular weight excluding hydrogens is 236 g/mol. The quantitative estimate of drug-likeness (QED) is 0.303. The van der Waals surface area contributed by atoms with Gasteiger partial charge in [-0.15, -0.1) is 6.58 Å². The second kappa shape index (κ2) is 21.5. The molecule has 0 fully saturated rings. The lowest BCUT2D eigenvalue weighted by Crippen LogP contribution is -2.02. The van der Waals surface area contributed by atoms with E-state index in [1.807, 2.05) is 6.08 Å². The van der Waals surface area contributed by atoms with Gasteiger partial charge in [0.25, 0.3) is 0 Å². The summed E-state index contributed by atoms with van der Waals surface area (Å²) in [5, 5.41) is 0. The van der Waals surface area contributed by atoms with Crippen molar-refractivity contribution in [2.45, 2.75) is 12.8 Å². The highest BCUT2D eigenvalue weighted by Gasteiger charge is 1.84. The zero-order valence-corrected chi connectivity index (χ0v) is 11.6. The average molecular weight is 262 g/mol. The van der Waals surface area contributed by atoms with E-state index in [1.54, 1.807) is 14.2 Å². The maximum Gasteiger partial charge on any atom is 0.122 e. The van der Waals surface area contributed by atoms with Crippen molar-refractivity contribution in [2.75, 3.05) is 53.9 Å². The van der Waals surface area contributed by atoms with E-state index in [9.17, 15) is 4.79 Å². The van der Waals surface area contributed by atoms with Crippen LogP contribution in [-0.4, -0.2) is 60.1 Å². The summed E-state index contributed by atoms with van der Waals surface area (Å²) in [5.41, 5.74) is 0. The van der Waals surface area contributed by atoms with Gasteiger partial charge >= 0.3 is 0 Å². The summed E-state index contributed by atoms with van der Waals surface area (Å²) in [7, 11) is 3.28. The molecule has 0 aromatic carbocycles. The highest BCUT2D eigenvalue weighted by atomic mass is 16.5. The number of rotatable bonds is 12. The Balaban J connectivity index is 0. The Labute approximate surface area is 110 Å². The van der Waals surface area contributed by atoms with Crippen LogP contribution in [0.2, 0.25) is 0 Å². The van der Waals surface area contributed by atoms with Crippen LogP contribution in [0.3, 0.4) is 0 Å². The molecule has 0 rings (SSSR count). The lowest BCUT2D eigenvalue weighted by molar-refractivity contribution is -0.108. The zero-order valence-electron chi connectivity index (χ0n) is 11.6. The van der Waals surface area contributed by atoms with E-state index < -0.39 is 0 Å². The third-order valence-corrected chi connectivity index (χ3v) is 1.71. The summed E-state index contributed by atoms with van der Waals surface area (Å²) < 4.78 is 19.6. The Bertz CT molecular complexity index is 143. The normalized spacial score (nSPS) is 9.44. The van der Waals surface area contributed by atoms with Gasteiger partial charge in [-0.1, -0.05) is 6.08 Å². The summed E-state index contributed by atoms with van der Waals surface area (Å²) in [6.07, 6.45) is 4.08. The van der Waals surface area contributed by atoms with Gasteiger partial charge < -0.3 is 23.7 Å². The molecule has 0 aliphatic heterocycles. The molecule has 0 aliphatic rings. The van der Waals surface area contributed by atoms with E-state index in [-0.39, 0.29) is 0 Å². The average Bonchev–Trinajstić information content (AvgIpc) is 2.39. The van der Waals surface area contributed by atoms with Gasteiger partial charge in [0.15, 0.2) is 0 Å². The molecule has 0 unspecified atom stereocenters. The first-order valence-electron chi connectivity index (χ1n) is 6.01. The number of hydrogen-bond donors (Lipinski definition) is 0. The highest BCUT2D eigenvalue weighted by Crippen LogP contribution is 1.82. The van der Waals surface area contributed by atoms with Crippen LogP contribution in [-0.2, 0) is 23.7 Å². The van der Waals surface area contributed by atoms with Crippen LogP contribution < -0.4 is 0 Å². The van der Waals surface area contributed by atoms with Crippen LogP contribution >= 0.6 is 0 Å². The van der Waals surface area contributed by atoms with Crippen molar-refractivity contribution >= 4 is 6.29 Å². The molecule has 5 nitrogen and oxygen atoms in total. The number of hydrogen-bond acceptors (Lipinski definition) is 5. The number of aldehydes is 1. The van der Waals surface area contributed by atoms with E-state index >= 15 is 0 Å². The molecule has 0 saturated carbocycles. The van der Waals surface area contributed by atoms with Gasteiger partial charge in [-0.05, 0) is 6.42 Å². The Morgan fingerprint density at radius 2 is 1.33 bits per heavy atom. The van der Waals surface area contributed by atoms with Crippen LogP contribution in [0, 0.1) is 0 Å². The first-order valence-corrected chi connectivity index (χ1v) is 6.01. The molecule has 0 aromatic heterocycles. The van der Waals surface area contributed by atoms with Gasteiger partial charge in [0.1, 0.15) is 6.29 Å². The van der Waals surface area contributed by atoms with Crippen molar-refractivity contribution in [1.82, 2.24) is 0 Å². The monoisotopic (exact) mass is 262 g/mol. The number of carbonyl (C=O) groups excluding carboxylic acids is 1. The van der Waals surface area contributed by atoms with Gasteiger partial charge in [0.05, 0.1) is 39.6 Å². The molecule has 5 heteroatoms. The highest BCUT2D eigenvalue weighted by molar-refractivity contribution is 5.49. The van der Waals surface area contributed by atoms with Crippen LogP contribution in [0.1, 0.15) is 12.8 Å². The lowest BCUT2D eigenvalue weighted by atomic mass is 10.5. The molecular formula is C13H26O5. The molecule has 0 radical (unpaired) electrons. The molecule has 0 aliphatic carbocycles. The molecule has 0 atom stereocenters. The number of carbonyl (C=O) groups is 1. The Morgan fingerprint density at radius 3 is 1.72 bits per heavy atom. The number of methoxy groups -OCH3 is 2. The molecule has 0 saturated heterocycles. The first-order chi connectivity index (χ1) is 8.83. The van der Waals surface area contributed by atoms with E-state index in [0.29, 0.717) is 39.5 Å². The van der Waals surface area contributed by atoms with Crippen molar-refractivity contribution in [2.24, 2.45) is 0 Å². The third-order valence-electron chi connectivity index (χ3n) is 1.71. The first kappa shape index (κ1) is 19.6. The van der Waals surface area contributed by atoms with Crippen LogP contribution in [0.15, 0.2) is 12.7 Å². The third kappa shape index (κ3) is 24.5. The summed E-state index contributed by atoms with van der Waals surface area (Å²) >= 11 is 0. The van der Waals surface area contributed by atoms with Crippen molar-refractivity contribution in [1.29, 1.82) is 0 Å². The topological polar surface area (TPSA) is 54.0 Å². The van der Waals surface area contributed by atoms with E-state index in [1.165, 1.54) is 0 Å². The summed E-state index contributed by atoms with van der Waals surface area (Å²) in [5.74, 6) is 0. The zero-order chi connectivity index (χ0) is 13.9. The van der Waals surface area contributed by atoms with Crippen LogP contribution in [0.5, 0.6) is 0 Å². The van der Waals surface area contributed by atoms with E-state index in [0.717, 1.165) is 19.3 Å². The maximum absolute atomic E-state index is 9.73. The van der Waals surface area contributed by atoms with Crippen molar-refractivity contribution in [3.8, 4) is 0 Å². The minimum absolute atomic E-state index is 0.476. The lowest BCUT2D eigenvalue weighted by Gasteiger charge is -1.99. The molecule has 0 spiro atoms. The van der Waals surface area contributed by atoms with E-state index in [2.05, 4.69) is 6.58 Å². The maximum atomic E-state index is 9.73. The molecule has 0 aromatic rings. The molecule has 18 heavy (non-hydrogen) atoms. The van der Waals surface area contributed by atoms with Gasteiger partial charge in [0.2, 0.25) is 0 Å². The van der Waals surface area contributed by atoms with Gasteiger partial charge in [0, 0.05) is 20.6 Å². The van der Waals surface area contributed by atoms with E-state index in [4.69, 9.17) is 18.9 Å². The molecule has 0 N–H and O–H groups in total. The molecule has 0 amide bonds. The number of ether oxygens (including phenoxy) is 4. The fraction of sp³-hybridized carbons (Fsp3) is 0.769. The summed E-state index contributed by atoms with van der Waals surface area (Å²) in [6, 6.07) is 0. The molecule has 108 valence electrons. The Morgan fingerprint density at radius 1 is 0.833 bits per heavy atom. The summed E-state index contributed by atoms with van der Waals surface area (Å²) in [4.78, 5) is 9.73. The summed E-state index contributed by atoms with van der Waals surface area (Å²) in [6.45, 7) is 7.36. The largest absolute Gasteiger partial charge is 0.382 e. The van der Waals surface area contributed by atoms with Crippen LogP contribution in [0.4, 0.5) is 0 Å². The minimum atomic E-state index is 0.476. The predicted molar refractivity (Wildman–Crippen MR) is 70.9 cm³/mol. The minimum Gasteiger partial charge on any atom is -0.382 e. The fourth-order valence-corrected chi connectivity index (χ4v) is 0.787. The Hall–Kier alpha value is -0.750. The van der Waals surface area contributed by atoms with Crippen LogP contribution in [0.25, 0.3) is 0 Å². The van der Waals surface area contributed by atoms with Crippen molar-refractivity contribution < 1.29 is 23.7 Å². The van der Waals surface area contributed by atoms with Gasteiger partial charge in [-0.25, -0.2) is 0 Å². The molecule has 0 heterocycles. The standard InChI is InChI=1S/C7H14O2.C6H12O3/c1-3-4-5-9-7-6-8-2;1-8-5-6-9-4-2-3-7/h3H,1,4-7H2,2H3;3H,2,4-6H2,1H3.